The van der Waals surface area contributed by atoms with Crippen LogP contribution in [0, 0.1) is 11.8 Å². The number of hydrogen-bond donors (Lipinski definition) is 0. The highest BCUT2D eigenvalue weighted by atomic mass is 15.2. The third-order valence-corrected chi connectivity index (χ3v) is 5.86. The zero-order chi connectivity index (χ0) is 14.6. The molecule has 0 spiro atoms. The lowest BCUT2D eigenvalue weighted by atomic mass is 9.91. The second kappa shape index (κ2) is 4.84. The molecule has 1 saturated heterocycles. The topological polar surface area (TPSA) is 3.24 Å². The predicted molar refractivity (Wildman–Crippen MR) is 88.4 cm³/mol. The molecule has 0 amide bonds. The molecule has 3 fully saturated rings. The molecule has 0 N–H and O–H groups in total. The number of nitrogens with zero attached hydrogens (tertiary/aromatic N) is 1. The zero-order valence-electron chi connectivity index (χ0n) is 13.8. The predicted octanol–water partition coefficient (Wildman–Crippen LogP) is 5.14. The van der Waals surface area contributed by atoms with E-state index in [1.54, 1.807) is 11.1 Å². The molecule has 1 aromatic rings. The van der Waals surface area contributed by atoms with Gasteiger partial charge in [-0.15, -0.1) is 0 Å². The van der Waals surface area contributed by atoms with Crippen LogP contribution in [0.25, 0.3) is 0 Å². The van der Waals surface area contributed by atoms with Crippen molar-refractivity contribution in [1.82, 2.24) is 4.90 Å². The number of hydrogen-bond acceptors (Lipinski definition) is 1. The van der Waals surface area contributed by atoms with Gasteiger partial charge >= 0.3 is 0 Å². The van der Waals surface area contributed by atoms with Gasteiger partial charge in [0.15, 0.2) is 0 Å². The Morgan fingerprint density at radius 1 is 0.905 bits per heavy atom. The van der Waals surface area contributed by atoms with Gasteiger partial charge in [-0.1, -0.05) is 24.3 Å². The Hall–Kier alpha value is -0.820. The Morgan fingerprint density at radius 2 is 1.57 bits per heavy atom. The standard InChI is InChI=1S/C20H29N/c1-20(2,3)21-13-16(14-8-9-14)12-19(21)18-7-5-4-6-17(18)15-10-11-15/h4-7,14-16,19H,8-13H2,1-3H3. The second-order valence-electron chi connectivity index (χ2n) is 8.58. The first-order valence-electron chi connectivity index (χ1n) is 8.89. The molecular weight excluding hydrogens is 254 g/mol. The Morgan fingerprint density at radius 3 is 2.14 bits per heavy atom. The van der Waals surface area contributed by atoms with Crippen molar-refractivity contribution in [2.75, 3.05) is 6.54 Å². The van der Waals surface area contributed by atoms with Gasteiger partial charge in [0.05, 0.1) is 0 Å². The Labute approximate surface area is 129 Å². The molecule has 114 valence electrons. The molecule has 2 saturated carbocycles. The summed E-state index contributed by atoms with van der Waals surface area (Å²) >= 11 is 0. The van der Waals surface area contributed by atoms with Crippen LogP contribution in [0.1, 0.15) is 76.0 Å². The first-order chi connectivity index (χ1) is 10.0. The second-order valence-corrected chi connectivity index (χ2v) is 8.58. The highest BCUT2D eigenvalue weighted by Gasteiger charge is 2.45. The van der Waals surface area contributed by atoms with Crippen LogP contribution in [-0.2, 0) is 0 Å². The maximum atomic E-state index is 2.80. The molecule has 4 rings (SSSR count). The lowest BCUT2D eigenvalue weighted by Gasteiger charge is -2.38. The van der Waals surface area contributed by atoms with Crippen molar-refractivity contribution in [1.29, 1.82) is 0 Å². The number of rotatable bonds is 3. The minimum absolute atomic E-state index is 0.283. The largest absolute Gasteiger partial charge is 0.291 e. The highest BCUT2D eigenvalue weighted by molar-refractivity contribution is 5.36. The Balaban J connectivity index is 1.67. The molecule has 0 bridgehead atoms. The first-order valence-corrected chi connectivity index (χ1v) is 8.89. The monoisotopic (exact) mass is 283 g/mol. The van der Waals surface area contributed by atoms with Gasteiger partial charge in [-0.3, -0.25) is 4.90 Å². The van der Waals surface area contributed by atoms with Crippen LogP contribution in [0.15, 0.2) is 24.3 Å². The van der Waals surface area contributed by atoms with E-state index in [0.717, 1.165) is 17.8 Å². The van der Waals surface area contributed by atoms with Crippen molar-refractivity contribution in [2.45, 2.75) is 70.4 Å². The summed E-state index contributed by atoms with van der Waals surface area (Å²) in [5, 5.41) is 0. The van der Waals surface area contributed by atoms with E-state index in [9.17, 15) is 0 Å². The van der Waals surface area contributed by atoms with Gasteiger partial charge < -0.3 is 0 Å². The summed E-state index contributed by atoms with van der Waals surface area (Å²) in [5.41, 5.74) is 3.59. The third kappa shape index (κ3) is 2.65. The molecule has 1 aliphatic heterocycles. The number of benzene rings is 1. The van der Waals surface area contributed by atoms with Gasteiger partial charge in [-0.05, 0) is 81.8 Å². The fourth-order valence-corrected chi connectivity index (χ4v) is 4.39. The molecular formula is C20H29N. The molecule has 2 unspecified atom stereocenters. The Kier molecular flexibility index (Phi) is 3.19. The normalized spacial score (nSPS) is 30.8. The smallest absolute Gasteiger partial charge is 0.0359 e. The average molecular weight is 283 g/mol. The summed E-state index contributed by atoms with van der Waals surface area (Å²) in [6.45, 7) is 8.51. The summed E-state index contributed by atoms with van der Waals surface area (Å²) < 4.78 is 0. The molecule has 3 aliphatic rings. The number of likely N-dealkylation sites (tertiary alicyclic amines) is 1. The maximum absolute atomic E-state index is 2.80. The molecule has 0 aromatic heterocycles. The van der Waals surface area contributed by atoms with Gasteiger partial charge in [-0.25, -0.2) is 0 Å². The molecule has 2 aliphatic carbocycles. The molecule has 1 heteroatoms. The average Bonchev–Trinajstić information content (AvgIpc) is 3.35. The summed E-state index contributed by atoms with van der Waals surface area (Å²) in [5.74, 6) is 2.84. The quantitative estimate of drug-likeness (QED) is 0.743. The lowest BCUT2D eigenvalue weighted by molar-refractivity contribution is 0.117. The zero-order valence-corrected chi connectivity index (χ0v) is 13.8. The van der Waals surface area contributed by atoms with Gasteiger partial charge in [0.1, 0.15) is 0 Å². The van der Waals surface area contributed by atoms with Gasteiger partial charge in [0, 0.05) is 18.1 Å². The fraction of sp³-hybridized carbons (Fsp3) is 0.700. The van der Waals surface area contributed by atoms with Crippen LogP contribution in [0.3, 0.4) is 0 Å². The van der Waals surface area contributed by atoms with E-state index in [4.69, 9.17) is 0 Å². The van der Waals surface area contributed by atoms with Gasteiger partial charge in [0.2, 0.25) is 0 Å². The molecule has 0 radical (unpaired) electrons. The maximum Gasteiger partial charge on any atom is 0.0359 e. The Bertz CT molecular complexity index is 519. The van der Waals surface area contributed by atoms with E-state index in [2.05, 4.69) is 49.9 Å². The summed E-state index contributed by atoms with van der Waals surface area (Å²) in [7, 11) is 0. The summed E-state index contributed by atoms with van der Waals surface area (Å²) in [6, 6.07) is 9.98. The van der Waals surface area contributed by atoms with Crippen molar-refractivity contribution >= 4 is 0 Å². The van der Waals surface area contributed by atoms with Gasteiger partial charge in [0.25, 0.3) is 0 Å². The van der Waals surface area contributed by atoms with E-state index >= 15 is 0 Å². The van der Waals surface area contributed by atoms with E-state index in [-0.39, 0.29) is 5.54 Å². The SMILES string of the molecule is CC(C)(C)N1CC(C2CC2)CC1c1ccccc1C1CC1. The first kappa shape index (κ1) is 13.8. The van der Waals surface area contributed by atoms with Gasteiger partial charge in [-0.2, -0.15) is 0 Å². The van der Waals surface area contributed by atoms with Crippen LogP contribution in [0.2, 0.25) is 0 Å². The lowest BCUT2D eigenvalue weighted by Crippen LogP contribution is -2.41. The van der Waals surface area contributed by atoms with Crippen LogP contribution >= 0.6 is 0 Å². The third-order valence-electron chi connectivity index (χ3n) is 5.86. The molecule has 1 heterocycles. The fourth-order valence-electron chi connectivity index (χ4n) is 4.39. The van der Waals surface area contributed by atoms with Crippen molar-refractivity contribution in [3.63, 3.8) is 0 Å². The van der Waals surface area contributed by atoms with E-state index in [0.29, 0.717) is 6.04 Å². The van der Waals surface area contributed by atoms with Crippen LogP contribution in [0.5, 0.6) is 0 Å². The van der Waals surface area contributed by atoms with Crippen LogP contribution < -0.4 is 0 Å². The molecule has 1 aromatic carbocycles. The molecule has 1 nitrogen and oxygen atoms in total. The van der Waals surface area contributed by atoms with Crippen molar-refractivity contribution in [3.8, 4) is 0 Å². The highest BCUT2D eigenvalue weighted by Crippen LogP contribution is 2.52. The van der Waals surface area contributed by atoms with Crippen molar-refractivity contribution in [3.05, 3.63) is 35.4 Å². The van der Waals surface area contributed by atoms with Crippen LogP contribution in [0.4, 0.5) is 0 Å². The minimum Gasteiger partial charge on any atom is -0.291 e. The minimum atomic E-state index is 0.283. The van der Waals surface area contributed by atoms with E-state index in [1.807, 2.05) is 0 Å². The van der Waals surface area contributed by atoms with Crippen molar-refractivity contribution in [2.24, 2.45) is 11.8 Å². The van der Waals surface area contributed by atoms with Crippen LogP contribution in [-0.4, -0.2) is 17.0 Å². The molecule has 2 atom stereocenters. The van der Waals surface area contributed by atoms with Crippen molar-refractivity contribution < 1.29 is 0 Å². The van der Waals surface area contributed by atoms with E-state index < -0.39 is 0 Å². The van der Waals surface area contributed by atoms with E-state index in [1.165, 1.54) is 38.6 Å². The summed E-state index contributed by atoms with van der Waals surface area (Å²) in [4.78, 5) is 2.80. The summed E-state index contributed by atoms with van der Waals surface area (Å²) in [6.07, 6.45) is 7.18. The molecule has 21 heavy (non-hydrogen) atoms.